The number of rotatable bonds is 5. The fourth-order valence-corrected chi connectivity index (χ4v) is 4.00. The Morgan fingerprint density at radius 2 is 2.35 bits per heavy atom. The first kappa shape index (κ1) is 18.8. The van der Waals surface area contributed by atoms with Gasteiger partial charge in [-0.2, -0.15) is 0 Å². The second kappa shape index (κ2) is 7.73. The molecule has 1 fully saturated rings. The molecule has 0 aromatic carbocycles. The maximum absolute atomic E-state index is 11.4. The molecule has 3 heterocycles. The largest absolute Gasteiger partial charge is 0.465 e. The number of nitrogens with zero attached hydrogens (tertiary/aromatic N) is 3. The third-order valence-corrected chi connectivity index (χ3v) is 5.47. The number of anilines is 2. The van der Waals surface area contributed by atoms with Crippen molar-refractivity contribution >= 4 is 44.4 Å². The highest BCUT2D eigenvalue weighted by molar-refractivity contribution is 9.10. The van der Waals surface area contributed by atoms with Crippen LogP contribution in [0.2, 0.25) is 0 Å². The molecule has 1 aliphatic heterocycles. The number of halogens is 1. The molecule has 8 heteroatoms. The molecule has 2 aromatic rings. The number of carboxylic acid groups (broad SMARTS) is 1. The molecular formula is C18H26BrN5O2. The van der Waals surface area contributed by atoms with E-state index in [1.54, 1.807) is 7.05 Å². The van der Waals surface area contributed by atoms with Crippen molar-refractivity contribution in [3.8, 4) is 0 Å². The average Bonchev–Trinajstić information content (AvgIpc) is 3.02. The van der Waals surface area contributed by atoms with Crippen molar-refractivity contribution in [3.63, 3.8) is 0 Å². The molecule has 3 N–H and O–H groups in total. The van der Waals surface area contributed by atoms with Crippen LogP contribution >= 0.6 is 15.9 Å². The third kappa shape index (κ3) is 3.75. The normalized spacial score (nSPS) is 17.7. The van der Waals surface area contributed by atoms with Gasteiger partial charge >= 0.3 is 6.09 Å². The van der Waals surface area contributed by atoms with E-state index in [9.17, 15) is 9.90 Å². The van der Waals surface area contributed by atoms with Gasteiger partial charge in [-0.25, -0.2) is 9.78 Å². The second-order valence-electron chi connectivity index (χ2n) is 7.29. The summed E-state index contributed by atoms with van der Waals surface area (Å²) in [6.07, 6.45) is 4.73. The molecule has 0 radical (unpaired) electrons. The lowest BCUT2D eigenvalue weighted by atomic mass is 10.0. The highest BCUT2D eigenvalue weighted by Crippen LogP contribution is 2.39. The molecule has 0 bridgehead atoms. The van der Waals surface area contributed by atoms with Crippen molar-refractivity contribution in [1.82, 2.24) is 14.9 Å². The number of carbonyl (C=O) groups is 1. The third-order valence-electron chi connectivity index (χ3n) is 4.89. The number of fused-ring (bicyclic) bond motifs is 1. The summed E-state index contributed by atoms with van der Waals surface area (Å²) in [5.74, 6) is 0.534. The van der Waals surface area contributed by atoms with Crippen molar-refractivity contribution in [3.05, 3.63) is 16.9 Å². The van der Waals surface area contributed by atoms with E-state index in [0.717, 1.165) is 52.8 Å². The zero-order valence-corrected chi connectivity index (χ0v) is 17.0. The fraction of sp³-hybridized carbons (Fsp3) is 0.556. The molecule has 142 valence electrons. The van der Waals surface area contributed by atoms with Crippen LogP contribution in [0.1, 0.15) is 26.7 Å². The highest BCUT2D eigenvalue weighted by Gasteiger charge is 2.28. The number of likely N-dealkylation sites (N-methyl/N-ethyl adjacent to an activating group) is 1. The van der Waals surface area contributed by atoms with Gasteiger partial charge in [0.05, 0.1) is 27.3 Å². The van der Waals surface area contributed by atoms with Gasteiger partial charge in [0, 0.05) is 39.1 Å². The van der Waals surface area contributed by atoms with Gasteiger partial charge in [-0.3, -0.25) is 0 Å². The number of piperidine rings is 1. The summed E-state index contributed by atoms with van der Waals surface area (Å²) < 4.78 is 0.927. The van der Waals surface area contributed by atoms with Gasteiger partial charge in [0.1, 0.15) is 5.65 Å². The van der Waals surface area contributed by atoms with E-state index in [1.807, 2.05) is 12.4 Å². The van der Waals surface area contributed by atoms with Crippen LogP contribution in [-0.2, 0) is 0 Å². The van der Waals surface area contributed by atoms with E-state index >= 15 is 0 Å². The summed E-state index contributed by atoms with van der Waals surface area (Å²) in [7, 11) is 1.65. The Labute approximate surface area is 161 Å². The zero-order chi connectivity index (χ0) is 18.8. The van der Waals surface area contributed by atoms with E-state index in [1.165, 1.54) is 4.90 Å². The molecule has 26 heavy (non-hydrogen) atoms. The molecular weight excluding hydrogens is 398 g/mol. The number of pyridine rings is 1. The van der Waals surface area contributed by atoms with Crippen LogP contribution in [0, 0.1) is 5.92 Å². The number of aromatic amines is 1. The van der Waals surface area contributed by atoms with Crippen molar-refractivity contribution in [2.45, 2.75) is 32.7 Å². The van der Waals surface area contributed by atoms with Gasteiger partial charge in [-0.1, -0.05) is 13.8 Å². The van der Waals surface area contributed by atoms with Crippen LogP contribution in [0.4, 0.5) is 16.2 Å². The minimum absolute atomic E-state index is 0.0117. The predicted molar refractivity (Wildman–Crippen MR) is 108 cm³/mol. The fourth-order valence-electron chi connectivity index (χ4n) is 3.45. The number of hydrogen-bond donors (Lipinski definition) is 3. The molecule has 0 spiro atoms. The first-order valence-corrected chi connectivity index (χ1v) is 9.78. The van der Waals surface area contributed by atoms with E-state index in [4.69, 9.17) is 0 Å². The van der Waals surface area contributed by atoms with Crippen LogP contribution in [0.15, 0.2) is 16.9 Å². The van der Waals surface area contributed by atoms with Crippen LogP contribution < -0.4 is 10.2 Å². The molecule has 1 saturated heterocycles. The molecule has 1 unspecified atom stereocenters. The summed E-state index contributed by atoms with van der Waals surface area (Å²) in [5.41, 5.74) is 2.94. The quantitative estimate of drug-likeness (QED) is 0.677. The topological polar surface area (TPSA) is 84.5 Å². The first-order chi connectivity index (χ1) is 12.4. The van der Waals surface area contributed by atoms with Crippen LogP contribution in [0.3, 0.4) is 0 Å². The van der Waals surface area contributed by atoms with E-state index in [2.05, 4.69) is 50.0 Å². The van der Waals surface area contributed by atoms with Crippen molar-refractivity contribution < 1.29 is 9.90 Å². The SMILES string of the molecule is CC(C)CNc1c[nH]c2ncc(Br)c(N3CCCC(N(C)C(=O)O)C3)c12. The zero-order valence-electron chi connectivity index (χ0n) is 15.4. The van der Waals surface area contributed by atoms with Crippen LogP contribution in [0.5, 0.6) is 0 Å². The van der Waals surface area contributed by atoms with Crippen molar-refractivity contribution in [1.29, 1.82) is 0 Å². The number of aromatic nitrogens is 2. The van der Waals surface area contributed by atoms with Crippen molar-refractivity contribution in [2.24, 2.45) is 5.92 Å². The Kier molecular flexibility index (Phi) is 5.60. The van der Waals surface area contributed by atoms with Crippen molar-refractivity contribution in [2.75, 3.05) is 36.9 Å². The molecule has 1 aliphatic rings. The summed E-state index contributed by atoms with van der Waals surface area (Å²) >= 11 is 3.66. The molecule has 2 aromatic heterocycles. The van der Waals surface area contributed by atoms with Gasteiger partial charge in [-0.15, -0.1) is 0 Å². The second-order valence-corrected chi connectivity index (χ2v) is 8.15. The maximum Gasteiger partial charge on any atom is 0.407 e. The van der Waals surface area contributed by atoms with E-state index in [-0.39, 0.29) is 6.04 Å². The Hall–Kier alpha value is -1.96. The van der Waals surface area contributed by atoms with Gasteiger partial charge < -0.3 is 25.2 Å². The minimum atomic E-state index is -0.878. The number of amides is 1. The molecule has 7 nitrogen and oxygen atoms in total. The summed E-state index contributed by atoms with van der Waals surface area (Å²) in [4.78, 5) is 22.8. The Morgan fingerprint density at radius 3 is 3.04 bits per heavy atom. The first-order valence-electron chi connectivity index (χ1n) is 8.98. The summed E-state index contributed by atoms with van der Waals surface area (Å²) in [6.45, 7) is 6.80. The highest BCUT2D eigenvalue weighted by atomic mass is 79.9. The molecule has 0 aliphatic carbocycles. The number of nitrogens with one attached hydrogen (secondary N) is 2. The molecule has 1 atom stereocenters. The monoisotopic (exact) mass is 423 g/mol. The molecule has 1 amide bonds. The summed E-state index contributed by atoms with van der Waals surface area (Å²) in [6, 6.07) is -0.0117. The lowest BCUT2D eigenvalue weighted by Crippen LogP contribution is -2.48. The smallest absolute Gasteiger partial charge is 0.407 e. The Bertz CT molecular complexity index is 791. The molecule has 3 rings (SSSR count). The Morgan fingerprint density at radius 1 is 1.58 bits per heavy atom. The number of hydrogen-bond acceptors (Lipinski definition) is 4. The van der Waals surface area contributed by atoms with Gasteiger partial charge in [0.2, 0.25) is 0 Å². The van der Waals surface area contributed by atoms with Crippen LogP contribution in [-0.4, -0.2) is 58.8 Å². The lowest BCUT2D eigenvalue weighted by molar-refractivity contribution is 0.133. The lowest BCUT2D eigenvalue weighted by Gasteiger charge is -2.38. The van der Waals surface area contributed by atoms with Gasteiger partial charge in [-0.05, 0) is 34.7 Å². The van der Waals surface area contributed by atoms with Gasteiger partial charge in [0.25, 0.3) is 0 Å². The van der Waals surface area contributed by atoms with Crippen LogP contribution in [0.25, 0.3) is 11.0 Å². The molecule has 0 saturated carbocycles. The number of H-pyrrole nitrogens is 1. The Balaban J connectivity index is 1.96. The van der Waals surface area contributed by atoms with E-state index in [0.29, 0.717) is 12.5 Å². The van der Waals surface area contributed by atoms with Gasteiger partial charge in [0.15, 0.2) is 0 Å². The van der Waals surface area contributed by atoms with E-state index < -0.39 is 6.09 Å². The standard InChI is InChI=1S/C18H26BrN5O2/c1-11(2)7-20-14-9-22-17-15(14)16(13(19)8-21-17)24-6-4-5-12(10-24)23(3)18(25)26/h8-9,11-12,20H,4-7,10H2,1-3H3,(H,21,22)(H,25,26). The minimum Gasteiger partial charge on any atom is -0.465 e. The average molecular weight is 424 g/mol. The summed E-state index contributed by atoms with van der Waals surface area (Å²) in [5, 5.41) is 13.9. The maximum atomic E-state index is 11.4. The predicted octanol–water partition coefficient (Wildman–Crippen LogP) is 3.97.